The number of aromatic nitrogens is 2. The topological polar surface area (TPSA) is 71.8 Å². The van der Waals surface area contributed by atoms with Crippen molar-refractivity contribution in [1.29, 1.82) is 0 Å². The highest BCUT2D eigenvalue weighted by Crippen LogP contribution is 2.35. The van der Waals surface area contributed by atoms with Gasteiger partial charge in [0.1, 0.15) is 5.52 Å². The number of nitrogens with one attached hydrogen (secondary N) is 1. The van der Waals surface area contributed by atoms with Gasteiger partial charge >= 0.3 is 0 Å². The van der Waals surface area contributed by atoms with Crippen molar-refractivity contribution in [3.05, 3.63) is 70.4 Å². The van der Waals surface area contributed by atoms with Gasteiger partial charge in [-0.1, -0.05) is 42.0 Å². The summed E-state index contributed by atoms with van der Waals surface area (Å²) in [5, 5.41) is 13.0. The highest BCUT2D eigenvalue weighted by atomic mass is 16.6. The Morgan fingerprint density at radius 2 is 1.74 bits per heavy atom. The summed E-state index contributed by atoms with van der Waals surface area (Å²) in [6.45, 7) is 2.03. The minimum atomic E-state index is -0.364. The third-order valence-electron chi connectivity index (χ3n) is 4.06. The van der Waals surface area contributed by atoms with Gasteiger partial charge < -0.3 is 4.98 Å². The Balaban J connectivity index is 2.08. The molecule has 112 valence electrons. The second-order valence-corrected chi connectivity index (χ2v) is 5.53. The van der Waals surface area contributed by atoms with E-state index in [2.05, 4.69) is 9.97 Å². The molecule has 1 N–H and O–H groups in total. The van der Waals surface area contributed by atoms with Gasteiger partial charge in [0.15, 0.2) is 0 Å². The number of H-pyrrole nitrogens is 1. The van der Waals surface area contributed by atoms with E-state index in [-0.39, 0.29) is 10.6 Å². The Bertz CT molecular complexity index is 1050. The van der Waals surface area contributed by atoms with Gasteiger partial charge in [0.2, 0.25) is 0 Å². The summed E-state index contributed by atoms with van der Waals surface area (Å²) in [4.78, 5) is 18.6. The normalized spacial score (nSPS) is 11.2. The van der Waals surface area contributed by atoms with E-state index in [0.717, 1.165) is 27.5 Å². The molecule has 4 rings (SSSR count). The lowest BCUT2D eigenvalue weighted by atomic mass is 10.1. The molecule has 5 heteroatoms. The van der Waals surface area contributed by atoms with E-state index in [1.165, 1.54) is 11.6 Å². The number of nitrogens with zero attached hydrogens (tertiary/aromatic N) is 2. The number of non-ortho nitro benzene ring substituents is 1. The zero-order valence-corrected chi connectivity index (χ0v) is 12.4. The molecule has 5 nitrogen and oxygen atoms in total. The molecule has 0 aliphatic rings. The van der Waals surface area contributed by atoms with Crippen molar-refractivity contribution in [3.8, 4) is 11.3 Å². The van der Waals surface area contributed by atoms with E-state index >= 15 is 0 Å². The molecule has 0 bridgehead atoms. The summed E-state index contributed by atoms with van der Waals surface area (Å²) in [5.74, 6) is 0. The van der Waals surface area contributed by atoms with Crippen LogP contribution in [0.4, 0.5) is 5.69 Å². The Labute approximate surface area is 131 Å². The lowest BCUT2D eigenvalue weighted by Gasteiger charge is -2.03. The number of hydrogen-bond acceptors (Lipinski definition) is 3. The summed E-state index contributed by atoms with van der Waals surface area (Å²) < 4.78 is 0. The van der Waals surface area contributed by atoms with Gasteiger partial charge in [0, 0.05) is 28.6 Å². The van der Waals surface area contributed by atoms with Gasteiger partial charge in [-0.2, -0.15) is 0 Å². The first-order valence-corrected chi connectivity index (χ1v) is 7.26. The van der Waals surface area contributed by atoms with Gasteiger partial charge in [0.05, 0.1) is 16.1 Å². The molecule has 0 aliphatic heterocycles. The number of benzene rings is 2. The zero-order chi connectivity index (χ0) is 16.0. The summed E-state index contributed by atoms with van der Waals surface area (Å²) >= 11 is 0. The molecule has 0 radical (unpaired) electrons. The second-order valence-electron chi connectivity index (χ2n) is 5.53. The number of aromatic amines is 1. The summed E-state index contributed by atoms with van der Waals surface area (Å²) in [5.41, 5.74) is 4.39. The molecular formula is C18H13N3O2. The van der Waals surface area contributed by atoms with Crippen LogP contribution in [-0.4, -0.2) is 14.9 Å². The van der Waals surface area contributed by atoms with Crippen LogP contribution in [0.2, 0.25) is 0 Å². The third-order valence-corrected chi connectivity index (χ3v) is 4.06. The molecule has 4 aromatic rings. The van der Waals surface area contributed by atoms with E-state index in [9.17, 15) is 10.1 Å². The zero-order valence-electron chi connectivity index (χ0n) is 12.4. The van der Waals surface area contributed by atoms with Gasteiger partial charge in [-0.05, 0) is 13.0 Å². The minimum absolute atomic E-state index is 0.0774. The predicted octanol–water partition coefficient (Wildman–Crippen LogP) is 4.60. The van der Waals surface area contributed by atoms with Crippen LogP contribution < -0.4 is 0 Å². The van der Waals surface area contributed by atoms with E-state index in [4.69, 9.17) is 0 Å². The number of hydrogen-bond donors (Lipinski definition) is 1. The number of pyridine rings is 1. The number of para-hydroxylation sites is 1. The van der Waals surface area contributed by atoms with E-state index < -0.39 is 0 Å². The molecule has 0 spiro atoms. The van der Waals surface area contributed by atoms with Crippen molar-refractivity contribution in [2.75, 3.05) is 0 Å². The quantitative estimate of drug-likeness (QED) is 0.434. The number of fused-ring (bicyclic) bond motifs is 3. The first-order chi connectivity index (χ1) is 11.1. The molecule has 0 saturated heterocycles. The predicted molar refractivity (Wildman–Crippen MR) is 90.4 cm³/mol. The Hall–Kier alpha value is -3.21. The van der Waals surface area contributed by atoms with Gasteiger partial charge in [-0.25, -0.2) is 0 Å². The van der Waals surface area contributed by atoms with Crippen LogP contribution in [0.3, 0.4) is 0 Å². The highest BCUT2D eigenvalue weighted by Gasteiger charge is 2.17. The van der Waals surface area contributed by atoms with Gasteiger partial charge in [0.25, 0.3) is 5.69 Å². The smallest absolute Gasteiger partial charge is 0.293 e. The van der Waals surface area contributed by atoms with Crippen molar-refractivity contribution in [2.45, 2.75) is 6.92 Å². The van der Waals surface area contributed by atoms with Crippen LogP contribution in [-0.2, 0) is 0 Å². The Morgan fingerprint density at radius 3 is 2.48 bits per heavy atom. The lowest BCUT2D eigenvalue weighted by Crippen LogP contribution is -1.88. The fraction of sp³-hybridized carbons (Fsp3) is 0.0556. The molecule has 2 aromatic heterocycles. The van der Waals surface area contributed by atoms with Crippen LogP contribution in [0.15, 0.2) is 54.7 Å². The highest BCUT2D eigenvalue weighted by molar-refractivity contribution is 6.13. The summed E-state index contributed by atoms with van der Waals surface area (Å²) in [6, 6.07) is 15.1. The van der Waals surface area contributed by atoms with E-state index in [1.807, 2.05) is 43.3 Å². The van der Waals surface area contributed by atoms with Crippen LogP contribution >= 0.6 is 0 Å². The molecule has 0 atom stereocenters. The first kappa shape index (κ1) is 13.5. The standard InChI is InChI=1S/C18H13N3O2/c1-11-5-7-12(8-6-11)16-18-14(9-10-19-16)13-3-2-4-15(21(22)23)17(13)20-18/h2-10,20H,1H3. The number of nitro benzene ring substituents is 1. The van der Waals surface area contributed by atoms with Crippen LogP contribution in [0.1, 0.15) is 5.56 Å². The molecule has 0 saturated carbocycles. The van der Waals surface area contributed by atoms with Gasteiger partial charge in [-0.15, -0.1) is 0 Å². The summed E-state index contributed by atoms with van der Waals surface area (Å²) in [6.07, 6.45) is 1.74. The second kappa shape index (κ2) is 4.91. The average molecular weight is 303 g/mol. The maximum atomic E-state index is 11.3. The number of rotatable bonds is 2. The van der Waals surface area contributed by atoms with Crippen molar-refractivity contribution >= 4 is 27.5 Å². The molecule has 0 aliphatic carbocycles. The van der Waals surface area contributed by atoms with Crippen molar-refractivity contribution in [3.63, 3.8) is 0 Å². The minimum Gasteiger partial charge on any atom is -0.347 e. The van der Waals surface area contributed by atoms with E-state index in [0.29, 0.717) is 5.52 Å². The molecule has 0 unspecified atom stereocenters. The molecule has 23 heavy (non-hydrogen) atoms. The SMILES string of the molecule is Cc1ccc(-c2nccc3c2[nH]c2c([N+](=O)[O-])cccc23)cc1. The number of aryl methyl sites for hydroxylation is 1. The molecule has 2 aromatic carbocycles. The van der Waals surface area contributed by atoms with Crippen molar-refractivity contribution in [1.82, 2.24) is 9.97 Å². The van der Waals surface area contributed by atoms with E-state index in [1.54, 1.807) is 12.3 Å². The van der Waals surface area contributed by atoms with Crippen molar-refractivity contribution in [2.24, 2.45) is 0 Å². The molecule has 0 amide bonds. The fourth-order valence-corrected chi connectivity index (χ4v) is 2.92. The lowest BCUT2D eigenvalue weighted by molar-refractivity contribution is -0.383. The van der Waals surface area contributed by atoms with Crippen molar-refractivity contribution < 1.29 is 4.92 Å². The molecule has 0 fully saturated rings. The fourth-order valence-electron chi connectivity index (χ4n) is 2.92. The first-order valence-electron chi connectivity index (χ1n) is 7.26. The Kier molecular flexibility index (Phi) is 2.87. The van der Waals surface area contributed by atoms with Crippen LogP contribution in [0, 0.1) is 17.0 Å². The maximum absolute atomic E-state index is 11.3. The molecular weight excluding hydrogens is 290 g/mol. The van der Waals surface area contributed by atoms with Gasteiger partial charge in [-0.3, -0.25) is 15.1 Å². The van der Waals surface area contributed by atoms with Crippen LogP contribution in [0.5, 0.6) is 0 Å². The maximum Gasteiger partial charge on any atom is 0.293 e. The number of nitro groups is 1. The van der Waals surface area contributed by atoms with Crippen LogP contribution in [0.25, 0.3) is 33.1 Å². The summed E-state index contributed by atoms with van der Waals surface area (Å²) in [7, 11) is 0. The largest absolute Gasteiger partial charge is 0.347 e. The Morgan fingerprint density at radius 1 is 1.00 bits per heavy atom. The average Bonchev–Trinajstić information content (AvgIpc) is 2.94. The monoisotopic (exact) mass is 303 g/mol. The molecule has 2 heterocycles. The third kappa shape index (κ3) is 2.05.